The van der Waals surface area contributed by atoms with Gasteiger partial charge in [-0.2, -0.15) is 4.31 Å². The number of methoxy groups -OCH3 is 1. The summed E-state index contributed by atoms with van der Waals surface area (Å²) in [7, 11) is 1.96. The van der Waals surface area contributed by atoms with Gasteiger partial charge in [0.25, 0.3) is 0 Å². The second-order valence-electron chi connectivity index (χ2n) is 11.5. The van der Waals surface area contributed by atoms with Gasteiger partial charge in [0, 0.05) is 25.2 Å². The molecule has 1 aliphatic carbocycles. The lowest BCUT2D eigenvalue weighted by Gasteiger charge is -2.37. The van der Waals surface area contributed by atoms with E-state index in [2.05, 4.69) is 10.2 Å². The number of nitrogens with zero attached hydrogens (tertiary/aromatic N) is 2. The molecule has 2 aromatic rings. The average Bonchev–Trinajstić information content (AvgIpc) is 2.97. The Morgan fingerprint density at radius 1 is 1.07 bits per heavy atom. The van der Waals surface area contributed by atoms with Crippen molar-refractivity contribution in [2.75, 3.05) is 47.5 Å². The number of benzene rings is 2. The fraction of sp³-hybridized carbons (Fsp3) is 0.581. The van der Waals surface area contributed by atoms with Crippen molar-refractivity contribution in [2.24, 2.45) is 11.8 Å². The van der Waals surface area contributed by atoms with E-state index in [0.29, 0.717) is 37.1 Å². The van der Waals surface area contributed by atoms with Gasteiger partial charge >= 0.3 is 0 Å². The molecular weight excluding hydrogens is 545 g/mol. The molecule has 8 nitrogen and oxygen atoms in total. The van der Waals surface area contributed by atoms with Crippen molar-refractivity contribution in [1.29, 1.82) is 0 Å². The van der Waals surface area contributed by atoms with E-state index < -0.39 is 10.0 Å². The number of sulfonamides is 1. The Balaban J connectivity index is 1.21. The van der Waals surface area contributed by atoms with Gasteiger partial charge in [0.15, 0.2) is 0 Å². The van der Waals surface area contributed by atoms with Crippen molar-refractivity contribution >= 4 is 15.9 Å². The Morgan fingerprint density at radius 3 is 2.46 bits per heavy atom. The van der Waals surface area contributed by atoms with Crippen LogP contribution in [-0.4, -0.2) is 77.1 Å². The van der Waals surface area contributed by atoms with Crippen molar-refractivity contribution in [1.82, 2.24) is 14.5 Å². The Hall–Kier alpha value is -2.53. The number of halogens is 1. The summed E-state index contributed by atoms with van der Waals surface area (Å²) in [4.78, 5) is 14.9. The number of carbonyl (C=O) groups is 1. The third kappa shape index (κ3) is 8.28. The molecule has 0 bridgehead atoms. The van der Waals surface area contributed by atoms with Gasteiger partial charge in [-0.25, -0.2) is 12.8 Å². The Labute approximate surface area is 244 Å². The molecule has 2 unspecified atom stereocenters. The van der Waals surface area contributed by atoms with Crippen molar-refractivity contribution in [2.45, 2.75) is 61.9 Å². The van der Waals surface area contributed by atoms with Crippen LogP contribution in [0.25, 0.3) is 0 Å². The minimum absolute atomic E-state index is 0.0927. The topological polar surface area (TPSA) is 88.2 Å². The van der Waals surface area contributed by atoms with Crippen LogP contribution in [0.2, 0.25) is 0 Å². The third-order valence-electron chi connectivity index (χ3n) is 8.45. The molecule has 226 valence electrons. The fourth-order valence-corrected chi connectivity index (χ4v) is 8.01. The quantitative estimate of drug-likeness (QED) is 0.389. The minimum atomic E-state index is -3.67. The highest BCUT2D eigenvalue weighted by Crippen LogP contribution is 2.39. The van der Waals surface area contributed by atoms with E-state index in [0.717, 1.165) is 44.1 Å². The molecule has 10 heteroatoms. The Morgan fingerprint density at radius 2 is 1.80 bits per heavy atom. The number of rotatable bonds is 12. The SMILES string of the molecule is COc1ccc(S(=O)(=O)N2CCCCC2COCC(=O)NCC2CCC(C(c3cccc(F)c3)N(C)C)CC2)cc1. The molecule has 1 N–H and O–H groups in total. The highest BCUT2D eigenvalue weighted by atomic mass is 32.2. The van der Waals surface area contributed by atoms with E-state index >= 15 is 0 Å². The van der Waals surface area contributed by atoms with Crippen LogP contribution in [0.5, 0.6) is 5.75 Å². The zero-order valence-corrected chi connectivity index (χ0v) is 25.2. The maximum absolute atomic E-state index is 13.9. The fourth-order valence-electron chi connectivity index (χ4n) is 6.33. The number of hydrogen-bond acceptors (Lipinski definition) is 6. The molecule has 0 spiro atoms. The summed E-state index contributed by atoms with van der Waals surface area (Å²) >= 11 is 0. The maximum atomic E-state index is 13.9. The van der Waals surface area contributed by atoms with Crippen molar-refractivity contribution in [3.8, 4) is 5.75 Å². The molecule has 0 radical (unpaired) electrons. The molecule has 1 saturated carbocycles. The lowest BCUT2D eigenvalue weighted by molar-refractivity contribution is -0.126. The number of amides is 1. The van der Waals surface area contributed by atoms with Gasteiger partial charge in [0.1, 0.15) is 18.2 Å². The largest absolute Gasteiger partial charge is 0.497 e. The summed E-state index contributed by atoms with van der Waals surface area (Å²) in [5, 5.41) is 3.01. The number of ether oxygens (including phenoxy) is 2. The van der Waals surface area contributed by atoms with Crippen LogP contribution in [0.15, 0.2) is 53.4 Å². The second kappa shape index (κ2) is 14.6. The van der Waals surface area contributed by atoms with Crippen molar-refractivity contribution < 1.29 is 27.1 Å². The molecule has 1 heterocycles. The van der Waals surface area contributed by atoms with Gasteiger partial charge in [0.2, 0.25) is 15.9 Å². The highest BCUT2D eigenvalue weighted by molar-refractivity contribution is 7.89. The molecule has 1 amide bonds. The van der Waals surface area contributed by atoms with Crippen molar-refractivity contribution in [3.63, 3.8) is 0 Å². The number of hydrogen-bond donors (Lipinski definition) is 1. The molecule has 4 rings (SSSR count). The van der Waals surface area contributed by atoms with E-state index in [-0.39, 0.29) is 41.9 Å². The molecule has 2 aliphatic rings. The summed E-state index contributed by atoms with van der Waals surface area (Å²) in [6.07, 6.45) is 6.48. The van der Waals surface area contributed by atoms with E-state index in [9.17, 15) is 17.6 Å². The van der Waals surface area contributed by atoms with Gasteiger partial charge in [-0.3, -0.25) is 4.79 Å². The number of carbonyl (C=O) groups excluding carboxylic acids is 1. The Kier molecular flexibility index (Phi) is 11.2. The highest BCUT2D eigenvalue weighted by Gasteiger charge is 2.34. The van der Waals surface area contributed by atoms with E-state index in [1.54, 1.807) is 43.5 Å². The smallest absolute Gasteiger partial charge is 0.246 e. The van der Waals surface area contributed by atoms with Crippen molar-refractivity contribution in [3.05, 3.63) is 59.9 Å². The monoisotopic (exact) mass is 589 g/mol. The molecule has 0 aromatic heterocycles. The molecule has 2 atom stereocenters. The summed E-state index contributed by atoms with van der Waals surface area (Å²) < 4.78 is 52.8. The maximum Gasteiger partial charge on any atom is 0.246 e. The van der Waals surface area contributed by atoms with E-state index in [1.165, 1.54) is 10.4 Å². The lowest BCUT2D eigenvalue weighted by atomic mass is 9.76. The summed E-state index contributed by atoms with van der Waals surface area (Å²) in [5.74, 6) is 1.05. The molecule has 41 heavy (non-hydrogen) atoms. The van der Waals surface area contributed by atoms with E-state index in [1.807, 2.05) is 20.2 Å². The zero-order valence-electron chi connectivity index (χ0n) is 24.4. The first-order valence-electron chi connectivity index (χ1n) is 14.6. The predicted octanol–water partition coefficient (Wildman–Crippen LogP) is 4.62. The van der Waals surface area contributed by atoms with Gasteiger partial charge in [-0.05, 0) is 106 Å². The van der Waals surface area contributed by atoms with Crippen LogP contribution in [-0.2, 0) is 19.6 Å². The van der Waals surface area contributed by atoms with Crippen LogP contribution in [0.1, 0.15) is 56.6 Å². The first kappa shape index (κ1) is 31.4. The standard InChI is InChI=1S/C31H44FN3O5S/c1-34(2)31(25-7-6-8-26(32)19-25)24-12-10-23(11-13-24)20-33-30(36)22-40-21-27-9-4-5-18-35(27)41(37,38)29-16-14-28(39-3)15-17-29/h6-8,14-17,19,23-24,27,31H,4-5,9-13,18,20-22H2,1-3H3,(H,33,36). The van der Waals surface area contributed by atoms with Crippen LogP contribution in [0.4, 0.5) is 4.39 Å². The van der Waals surface area contributed by atoms with Gasteiger partial charge in [-0.1, -0.05) is 18.6 Å². The molecule has 1 aliphatic heterocycles. The summed E-state index contributed by atoms with van der Waals surface area (Å²) in [5.41, 5.74) is 1.01. The van der Waals surface area contributed by atoms with Crippen LogP contribution < -0.4 is 10.1 Å². The van der Waals surface area contributed by atoms with Gasteiger partial charge < -0.3 is 19.7 Å². The average molecular weight is 590 g/mol. The Bertz CT molecular complexity index is 1230. The number of nitrogens with one attached hydrogen (secondary N) is 1. The normalized spacial score (nSPS) is 22.8. The third-order valence-corrected chi connectivity index (χ3v) is 10.4. The zero-order chi connectivity index (χ0) is 29.4. The lowest BCUT2D eigenvalue weighted by Crippen LogP contribution is -2.46. The first-order chi connectivity index (χ1) is 19.7. The van der Waals surface area contributed by atoms with Crippen LogP contribution >= 0.6 is 0 Å². The van der Waals surface area contributed by atoms with Gasteiger partial charge in [0.05, 0.1) is 18.6 Å². The summed E-state index contributed by atoms with van der Waals surface area (Å²) in [6.45, 7) is 1.12. The van der Waals surface area contributed by atoms with Crippen LogP contribution in [0.3, 0.4) is 0 Å². The van der Waals surface area contributed by atoms with Gasteiger partial charge in [-0.15, -0.1) is 0 Å². The molecule has 2 aromatic carbocycles. The second-order valence-corrected chi connectivity index (χ2v) is 13.4. The molecule has 1 saturated heterocycles. The minimum Gasteiger partial charge on any atom is -0.497 e. The molecular formula is C31H44FN3O5S. The first-order valence-corrected chi connectivity index (χ1v) is 16.0. The van der Waals surface area contributed by atoms with Crippen LogP contribution in [0, 0.1) is 17.7 Å². The summed E-state index contributed by atoms with van der Waals surface area (Å²) in [6, 6.07) is 13.2. The molecule has 2 fully saturated rings. The predicted molar refractivity (Wildman–Crippen MR) is 157 cm³/mol. The van der Waals surface area contributed by atoms with E-state index in [4.69, 9.17) is 9.47 Å². The number of piperidine rings is 1.